The molecule has 0 spiro atoms. The first kappa shape index (κ1) is 11.8. The first-order chi connectivity index (χ1) is 8.16. The molecule has 0 aromatic carbocycles. The maximum atomic E-state index is 11.4. The van der Waals surface area contributed by atoms with E-state index < -0.39 is 11.2 Å². The van der Waals surface area contributed by atoms with Gasteiger partial charge in [-0.15, -0.1) is 5.10 Å². The molecule has 2 heterocycles. The zero-order chi connectivity index (χ0) is 12.3. The fourth-order valence-electron chi connectivity index (χ4n) is 2.08. The van der Waals surface area contributed by atoms with Gasteiger partial charge in [-0.3, -0.25) is 9.78 Å². The standard InChI is InChI=1S/C10H17N5O2/c1-15-5-3-2-4-7(15)6-11-8-9(16)12-10(17)14-13-8/h7H,2-6H2,1H3,(H,11,13)(H2,12,14,16,17). The summed E-state index contributed by atoms with van der Waals surface area (Å²) in [6.45, 7) is 1.75. The lowest BCUT2D eigenvalue weighted by Crippen LogP contribution is -2.41. The first-order valence-corrected chi connectivity index (χ1v) is 5.80. The van der Waals surface area contributed by atoms with E-state index in [4.69, 9.17) is 0 Å². The molecule has 0 aliphatic carbocycles. The number of anilines is 1. The Bertz CT molecular complexity index is 480. The van der Waals surface area contributed by atoms with Gasteiger partial charge < -0.3 is 10.2 Å². The van der Waals surface area contributed by atoms with Gasteiger partial charge in [0, 0.05) is 12.6 Å². The van der Waals surface area contributed by atoms with Crippen LogP contribution in [0, 0.1) is 0 Å². The van der Waals surface area contributed by atoms with Crippen LogP contribution in [-0.4, -0.2) is 46.3 Å². The van der Waals surface area contributed by atoms with Crippen molar-refractivity contribution >= 4 is 5.82 Å². The quantitative estimate of drug-likeness (QED) is 0.652. The molecule has 0 bridgehead atoms. The molecule has 0 radical (unpaired) electrons. The van der Waals surface area contributed by atoms with Crippen LogP contribution >= 0.6 is 0 Å². The fraction of sp³-hybridized carbons (Fsp3) is 0.700. The predicted molar refractivity (Wildman–Crippen MR) is 64.2 cm³/mol. The van der Waals surface area contributed by atoms with Gasteiger partial charge in [-0.05, 0) is 26.4 Å². The summed E-state index contributed by atoms with van der Waals surface area (Å²) in [5, 5.41) is 8.85. The van der Waals surface area contributed by atoms with Crippen LogP contribution in [0.5, 0.6) is 0 Å². The van der Waals surface area contributed by atoms with E-state index in [2.05, 4.69) is 32.4 Å². The lowest BCUT2D eigenvalue weighted by molar-refractivity contribution is 0.194. The normalized spacial score (nSPS) is 21.4. The van der Waals surface area contributed by atoms with E-state index in [9.17, 15) is 9.59 Å². The Morgan fingerprint density at radius 2 is 2.29 bits per heavy atom. The molecule has 0 saturated carbocycles. The van der Waals surface area contributed by atoms with Gasteiger partial charge in [0.2, 0.25) is 5.82 Å². The third-order valence-electron chi connectivity index (χ3n) is 3.14. The van der Waals surface area contributed by atoms with E-state index in [0.717, 1.165) is 13.0 Å². The van der Waals surface area contributed by atoms with Crippen molar-refractivity contribution in [1.29, 1.82) is 0 Å². The highest BCUT2D eigenvalue weighted by atomic mass is 16.2. The topological polar surface area (TPSA) is 93.9 Å². The Hall–Kier alpha value is -1.63. The summed E-state index contributed by atoms with van der Waals surface area (Å²) < 4.78 is 0. The number of hydrogen-bond donors (Lipinski definition) is 3. The van der Waals surface area contributed by atoms with E-state index in [1.807, 2.05) is 0 Å². The molecule has 17 heavy (non-hydrogen) atoms. The van der Waals surface area contributed by atoms with Gasteiger partial charge in [-0.25, -0.2) is 9.89 Å². The molecule has 1 aromatic rings. The summed E-state index contributed by atoms with van der Waals surface area (Å²) in [6.07, 6.45) is 3.56. The van der Waals surface area contributed by atoms with E-state index in [0.29, 0.717) is 12.6 Å². The molecule has 1 aliphatic rings. The van der Waals surface area contributed by atoms with Gasteiger partial charge in [0.1, 0.15) is 0 Å². The highest BCUT2D eigenvalue weighted by Crippen LogP contribution is 2.14. The van der Waals surface area contributed by atoms with Crippen LogP contribution in [0.15, 0.2) is 9.59 Å². The van der Waals surface area contributed by atoms with Crippen LogP contribution in [0.25, 0.3) is 0 Å². The van der Waals surface area contributed by atoms with Crippen LogP contribution in [0.3, 0.4) is 0 Å². The molecular weight excluding hydrogens is 222 g/mol. The summed E-state index contributed by atoms with van der Waals surface area (Å²) in [6, 6.07) is 0.414. The van der Waals surface area contributed by atoms with Gasteiger partial charge >= 0.3 is 5.69 Å². The summed E-state index contributed by atoms with van der Waals surface area (Å²) in [4.78, 5) is 26.6. The number of aromatic nitrogens is 3. The number of piperidine rings is 1. The minimum Gasteiger partial charge on any atom is -0.362 e. The second-order valence-corrected chi connectivity index (χ2v) is 4.37. The van der Waals surface area contributed by atoms with Crippen molar-refractivity contribution in [2.24, 2.45) is 0 Å². The molecule has 2 rings (SSSR count). The van der Waals surface area contributed by atoms with Gasteiger partial charge in [0.25, 0.3) is 5.56 Å². The third-order valence-corrected chi connectivity index (χ3v) is 3.14. The van der Waals surface area contributed by atoms with Crippen molar-refractivity contribution < 1.29 is 0 Å². The minimum absolute atomic E-state index is 0.170. The van der Waals surface area contributed by atoms with Crippen molar-refractivity contribution in [2.45, 2.75) is 25.3 Å². The molecule has 7 heteroatoms. The van der Waals surface area contributed by atoms with Crippen LogP contribution in [0.4, 0.5) is 5.82 Å². The molecule has 1 unspecified atom stereocenters. The zero-order valence-electron chi connectivity index (χ0n) is 9.82. The Kier molecular flexibility index (Phi) is 3.58. The molecule has 7 nitrogen and oxygen atoms in total. The van der Waals surface area contributed by atoms with Crippen molar-refractivity contribution in [3.63, 3.8) is 0 Å². The average Bonchev–Trinajstić information content (AvgIpc) is 2.30. The lowest BCUT2D eigenvalue weighted by Gasteiger charge is -2.32. The monoisotopic (exact) mass is 239 g/mol. The number of likely N-dealkylation sites (N-methyl/N-ethyl adjacent to an activating group) is 1. The molecule has 1 aliphatic heterocycles. The summed E-state index contributed by atoms with van der Waals surface area (Å²) in [5.41, 5.74) is -1.07. The predicted octanol–water partition coefficient (Wildman–Crippen LogP) is -0.646. The van der Waals surface area contributed by atoms with Crippen LogP contribution < -0.4 is 16.6 Å². The molecule has 1 atom stereocenters. The van der Waals surface area contributed by atoms with Crippen LogP contribution in [0.1, 0.15) is 19.3 Å². The smallest absolute Gasteiger partial charge is 0.342 e. The molecule has 1 aromatic heterocycles. The summed E-state index contributed by atoms with van der Waals surface area (Å²) in [5.74, 6) is 0.170. The molecule has 1 fully saturated rings. The Morgan fingerprint density at radius 1 is 1.47 bits per heavy atom. The van der Waals surface area contributed by atoms with Crippen LogP contribution in [-0.2, 0) is 0 Å². The van der Waals surface area contributed by atoms with Gasteiger partial charge in [0.05, 0.1) is 0 Å². The lowest BCUT2D eigenvalue weighted by atomic mass is 10.0. The molecular formula is C10H17N5O2. The number of H-pyrrole nitrogens is 2. The van der Waals surface area contributed by atoms with E-state index >= 15 is 0 Å². The Morgan fingerprint density at radius 3 is 3.00 bits per heavy atom. The van der Waals surface area contributed by atoms with E-state index in [1.54, 1.807) is 0 Å². The van der Waals surface area contributed by atoms with E-state index in [1.165, 1.54) is 12.8 Å². The summed E-state index contributed by atoms with van der Waals surface area (Å²) >= 11 is 0. The number of nitrogens with one attached hydrogen (secondary N) is 3. The van der Waals surface area contributed by atoms with Crippen molar-refractivity contribution in [3.05, 3.63) is 20.8 Å². The van der Waals surface area contributed by atoms with Gasteiger partial charge in [0.15, 0.2) is 0 Å². The molecule has 1 saturated heterocycles. The molecule has 0 amide bonds. The summed E-state index contributed by atoms with van der Waals surface area (Å²) in [7, 11) is 2.08. The number of nitrogens with zero attached hydrogens (tertiary/aromatic N) is 2. The maximum Gasteiger partial charge on any atom is 0.342 e. The average molecular weight is 239 g/mol. The second-order valence-electron chi connectivity index (χ2n) is 4.37. The number of hydrogen-bond acceptors (Lipinski definition) is 5. The highest BCUT2D eigenvalue weighted by molar-refractivity contribution is 5.28. The van der Waals surface area contributed by atoms with Crippen molar-refractivity contribution in [3.8, 4) is 0 Å². The minimum atomic E-state index is -0.588. The van der Waals surface area contributed by atoms with Gasteiger partial charge in [-0.1, -0.05) is 6.42 Å². The fourth-order valence-corrected chi connectivity index (χ4v) is 2.08. The Balaban J connectivity index is 1.97. The second kappa shape index (κ2) is 5.13. The van der Waals surface area contributed by atoms with Crippen LogP contribution in [0.2, 0.25) is 0 Å². The Labute approximate surface area is 98.2 Å². The maximum absolute atomic E-state index is 11.4. The third kappa shape index (κ3) is 2.94. The van der Waals surface area contributed by atoms with E-state index in [-0.39, 0.29) is 5.82 Å². The molecule has 94 valence electrons. The van der Waals surface area contributed by atoms with Crippen molar-refractivity contribution in [1.82, 2.24) is 20.1 Å². The number of rotatable bonds is 3. The zero-order valence-corrected chi connectivity index (χ0v) is 9.82. The SMILES string of the molecule is CN1CCCCC1CNc1n[nH]c(=O)[nH]c1=O. The number of aromatic amines is 2. The van der Waals surface area contributed by atoms with Gasteiger partial charge in [-0.2, -0.15) is 0 Å². The molecule has 3 N–H and O–H groups in total. The largest absolute Gasteiger partial charge is 0.362 e. The van der Waals surface area contributed by atoms with Crippen molar-refractivity contribution in [2.75, 3.05) is 25.5 Å². The first-order valence-electron chi connectivity index (χ1n) is 5.80. The number of likely N-dealkylation sites (tertiary alicyclic amines) is 1. The highest BCUT2D eigenvalue weighted by Gasteiger charge is 2.18.